The SMILES string of the molecule is c1ccc(-c2nc(-c3ccc(-n4c5cccc6c7ccc8ccccc8c7c7cccc4c7c65)cc3)nc(-c3ccc4ccccc4c3)n2)cc1. The van der Waals surface area contributed by atoms with E-state index >= 15 is 0 Å². The minimum absolute atomic E-state index is 0.644. The lowest BCUT2D eigenvalue weighted by Crippen LogP contribution is -2.00. The third-order valence-electron chi connectivity index (χ3n) is 10.4. The molecule has 4 nitrogen and oxygen atoms in total. The van der Waals surface area contributed by atoms with Crippen molar-refractivity contribution in [2.24, 2.45) is 0 Å². The number of hydrogen-bond acceptors (Lipinski definition) is 3. The van der Waals surface area contributed by atoms with Gasteiger partial charge in [0.2, 0.25) is 0 Å². The van der Waals surface area contributed by atoms with Crippen LogP contribution in [-0.2, 0) is 0 Å². The number of nitrogens with zero attached hydrogens (tertiary/aromatic N) is 4. The van der Waals surface area contributed by atoms with Crippen LogP contribution in [0.15, 0.2) is 170 Å². The fourth-order valence-corrected chi connectivity index (χ4v) is 8.04. The van der Waals surface area contributed by atoms with Crippen molar-refractivity contribution in [2.45, 2.75) is 0 Å². The maximum atomic E-state index is 5.05. The largest absolute Gasteiger partial charge is 0.309 e. The van der Waals surface area contributed by atoms with Crippen LogP contribution in [0.25, 0.3) is 105 Å². The molecule has 51 heavy (non-hydrogen) atoms. The molecule has 0 saturated carbocycles. The highest BCUT2D eigenvalue weighted by Gasteiger charge is 2.21. The molecule has 0 aliphatic rings. The normalized spacial score (nSPS) is 11.9. The van der Waals surface area contributed by atoms with Gasteiger partial charge in [-0.15, -0.1) is 0 Å². The van der Waals surface area contributed by atoms with Crippen LogP contribution >= 0.6 is 0 Å². The fraction of sp³-hybridized carbons (Fsp3) is 0. The van der Waals surface area contributed by atoms with Crippen molar-refractivity contribution in [3.63, 3.8) is 0 Å². The summed E-state index contributed by atoms with van der Waals surface area (Å²) in [6, 6.07) is 60.3. The minimum Gasteiger partial charge on any atom is -0.309 e. The van der Waals surface area contributed by atoms with Gasteiger partial charge in [-0.1, -0.05) is 127 Å². The summed E-state index contributed by atoms with van der Waals surface area (Å²) in [5.41, 5.74) is 6.35. The van der Waals surface area contributed by atoms with Gasteiger partial charge in [-0.2, -0.15) is 0 Å². The molecule has 236 valence electrons. The highest BCUT2D eigenvalue weighted by molar-refractivity contribution is 6.37. The van der Waals surface area contributed by atoms with Crippen LogP contribution in [0.5, 0.6) is 0 Å². The average Bonchev–Trinajstić information content (AvgIpc) is 3.55. The second-order valence-corrected chi connectivity index (χ2v) is 13.2. The molecular weight excluding hydrogens is 621 g/mol. The number of hydrogen-bond donors (Lipinski definition) is 0. The van der Waals surface area contributed by atoms with E-state index in [2.05, 4.69) is 144 Å². The summed E-state index contributed by atoms with van der Waals surface area (Å²) in [5, 5.41) is 12.7. The lowest BCUT2D eigenvalue weighted by molar-refractivity contribution is 1.07. The fourth-order valence-electron chi connectivity index (χ4n) is 8.04. The predicted molar refractivity (Wildman–Crippen MR) is 212 cm³/mol. The van der Waals surface area contributed by atoms with Crippen LogP contribution in [0.1, 0.15) is 0 Å². The zero-order chi connectivity index (χ0) is 33.5. The van der Waals surface area contributed by atoms with Crippen molar-refractivity contribution in [1.29, 1.82) is 0 Å². The standard InChI is InChI=1S/C47H28N4/c1-2-12-31(13-3-1)45-48-46(50-47(49-45)34-21-20-29-10-4-5-14-33(29)28-34)32-22-25-35(26-23-32)51-40-18-8-16-37-38-27-24-30-11-6-7-15-36(30)42(38)39-17-9-19-41(51)44(39)43(37)40/h1-28H. The molecule has 4 heteroatoms. The summed E-state index contributed by atoms with van der Waals surface area (Å²) in [4.78, 5) is 15.0. The Morgan fingerprint density at radius 3 is 1.61 bits per heavy atom. The Hall–Kier alpha value is -6.91. The minimum atomic E-state index is 0.644. The lowest BCUT2D eigenvalue weighted by Gasteiger charge is -2.11. The van der Waals surface area contributed by atoms with Crippen molar-refractivity contribution in [3.8, 4) is 39.9 Å². The molecule has 0 radical (unpaired) electrons. The zero-order valence-electron chi connectivity index (χ0n) is 27.5. The molecule has 0 N–H and O–H groups in total. The summed E-state index contributed by atoms with van der Waals surface area (Å²) >= 11 is 0. The second-order valence-electron chi connectivity index (χ2n) is 13.2. The molecule has 0 spiro atoms. The first-order chi connectivity index (χ1) is 25.3. The summed E-state index contributed by atoms with van der Waals surface area (Å²) in [5.74, 6) is 1.95. The lowest BCUT2D eigenvalue weighted by atomic mass is 9.91. The van der Waals surface area contributed by atoms with E-state index in [0.717, 1.165) is 27.8 Å². The average molecular weight is 649 g/mol. The Morgan fingerprint density at radius 1 is 0.314 bits per heavy atom. The van der Waals surface area contributed by atoms with Crippen LogP contribution < -0.4 is 0 Å². The van der Waals surface area contributed by atoms with Gasteiger partial charge in [0, 0.05) is 33.2 Å². The molecule has 0 bridgehead atoms. The van der Waals surface area contributed by atoms with Crippen molar-refractivity contribution in [3.05, 3.63) is 170 Å². The predicted octanol–water partition coefficient (Wildman–Crippen LogP) is 12.0. The molecule has 0 unspecified atom stereocenters. The third kappa shape index (κ3) is 4.23. The van der Waals surface area contributed by atoms with Gasteiger partial charge in [-0.25, -0.2) is 15.0 Å². The molecule has 11 aromatic rings. The highest BCUT2D eigenvalue weighted by atomic mass is 15.0. The van der Waals surface area contributed by atoms with E-state index in [1.54, 1.807) is 0 Å². The van der Waals surface area contributed by atoms with E-state index < -0.39 is 0 Å². The number of aromatic nitrogens is 4. The van der Waals surface area contributed by atoms with Crippen LogP contribution in [0.2, 0.25) is 0 Å². The first-order valence-corrected chi connectivity index (χ1v) is 17.3. The molecule has 11 rings (SSSR count). The van der Waals surface area contributed by atoms with Gasteiger partial charge in [0.05, 0.1) is 11.0 Å². The summed E-state index contributed by atoms with van der Waals surface area (Å²) in [6.45, 7) is 0. The van der Waals surface area contributed by atoms with Crippen molar-refractivity contribution in [1.82, 2.24) is 19.5 Å². The third-order valence-corrected chi connectivity index (χ3v) is 10.4. The van der Waals surface area contributed by atoms with E-state index in [1.165, 1.54) is 59.5 Å². The quantitative estimate of drug-likeness (QED) is 0.178. The molecular formula is C47H28N4. The Balaban J connectivity index is 1.09. The number of rotatable bonds is 4. The Kier molecular flexibility index (Phi) is 5.92. The smallest absolute Gasteiger partial charge is 0.164 e. The van der Waals surface area contributed by atoms with Gasteiger partial charge in [-0.05, 0) is 85.6 Å². The molecule has 9 aromatic carbocycles. The Labute approximate surface area is 293 Å². The maximum Gasteiger partial charge on any atom is 0.164 e. The molecule has 0 aliphatic heterocycles. The first kappa shape index (κ1) is 28.0. The summed E-state index contributed by atoms with van der Waals surface area (Å²) in [6.07, 6.45) is 0. The van der Waals surface area contributed by atoms with Crippen molar-refractivity contribution in [2.75, 3.05) is 0 Å². The van der Waals surface area contributed by atoms with Crippen LogP contribution in [0.4, 0.5) is 0 Å². The number of benzene rings is 9. The monoisotopic (exact) mass is 648 g/mol. The van der Waals surface area contributed by atoms with Gasteiger partial charge in [0.1, 0.15) is 0 Å². The molecule has 0 aliphatic carbocycles. The first-order valence-electron chi connectivity index (χ1n) is 17.3. The van der Waals surface area contributed by atoms with Gasteiger partial charge >= 0.3 is 0 Å². The highest BCUT2D eigenvalue weighted by Crippen LogP contribution is 2.45. The van der Waals surface area contributed by atoms with Gasteiger partial charge in [-0.3, -0.25) is 0 Å². The van der Waals surface area contributed by atoms with Crippen LogP contribution in [0.3, 0.4) is 0 Å². The molecule has 0 fully saturated rings. The summed E-state index contributed by atoms with van der Waals surface area (Å²) in [7, 11) is 0. The maximum absolute atomic E-state index is 5.05. The van der Waals surface area contributed by atoms with E-state index in [0.29, 0.717) is 17.5 Å². The van der Waals surface area contributed by atoms with Crippen LogP contribution in [-0.4, -0.2) is 19.5 Å². The number of fused-ring (bicyclic) bond motifs is 6. The topological polar surface area (TPSA) is 43.6 Å². The van der Waals surface area contributed by atoms with E-state index in [-0.39, 0.29) is 0 Å². The molecule has 2 aromatic heterocycles. The van der Waals surface area contributed by atoms with Gasteiger partial charge < -0.3 is 4.57 Å². The molecule has 2 heterocycles. The Bertz CT molecular complexity index is 3120. The van der Waals surface area contributed by atoms with E-state index in [1.807, 2.05) is 30.3 Å². The summed E-state index contributed by atoms with van der Waals surface area (Å²) < 4.78 is 2.40. The molecule has 0 atom stereocenters. The van der Waals surface area contributed by atoms with Gasteiger partial charge in [0.15, 0.2) is 17.5 Å². The second kappa shape index (κ2) is 10.8. The van der Waals surface area contributed by atoms with E-state index in [4.69, 9.17) is 15.0 Å². The Morgan fingerprint density at radius 2 is 0.843 bits per heavy atom. The van der Waals surface area contributed by atoms with Gasteiger partial charge in [0.25, 0.3) is 0 Å². The zero-order valence-corrected chi connectivity index (χ0v) is 27.5. The molecule has 0 amide bonds. The van der Waals surface area contributed by atoms with Crippen LogP contribution in [0, 0.1) is 0 Å². The van der Waals surface area contributed by atoms with Crippen molar-refractivity contribution < 1.29 is 0 Å². The van der Waals surface area contributed by atoms with Crippen molar-refractivity contribution >= 4 is 64.9 Å². The molecule has 0 saturated heterocycles. The van der Waals surface area contributed by atoms with E-state index in [9.17, 15) is 0 Å².